The lowest BCUT2D eigenvalue weighted by molar-refractivity contribution is 0.299. The fourth-order valence-electron chi connectivity index (χ4n) is 2.37. The molecule has 0 aliphatic carbocycles. The molecule has 3 rings (SSSR count). The first-order valence-corrected chi connectivity index (χ1v) is 6.72. The van der Waals surface area contributed by atoms with E-state index in [4.69, 9.17) is 14.3 Å². The smallest absolute Gasteiger partial charge is 0.176 e. The van der Waals surface area contributed by atoms with Crippen molar-refractivity contribution in [3.05, 3.63) is 48.0 Å². The standard InChI is InChI=1S/C17H16O4/c1-20-16-9-11(6-7-18)8-13-10-15(21-17(13)16)12-2-4-14(19)5-3-12/h2-5,8-10,18-19H,6-7H2,1H3. The lowest BCUT2D eigenvalue weighted by Crippen LogP contribution is -1.92. The van der Waals surface area contributed by atoms with Gasteiger partial charge in [0, 0.05) is 17.6 Å². The summed E-state index contributed by atoms with van der Waals surface area (Å²) in [4.78, 5) is 0. The number of benzene rings is 2. The molecule has 1 aromatic heterocycles. The van der Waals surface area contributed by atoms with Gasteiger partial charge in [0.05, 0.1) is 7.11 Å². The molecular formula is C17H16O4. The number of hydrogen-bond donors (Lipinski definition) is 2. The van der Waals surface area contributed by atoms with Crippen LogP contribution in [0.25, 0.3) is 22.3 Å². The number of ether oxygens (including phenoxy) is 1. The van der Waals surface area contributed by atoms with Gasteiger partial charge < -0.3 is 19.4 Å². The summed E-state index contributed by atoms with van der Waals surface area (Å²) >= 11 is 0. The summed E-state index contributed by atoms with van der Waals surface area (Å²) in [6.07, 6.45) is 0.575. The molecule has 0 aliphatic heterocycles. The van der Waals surface area contributed by atoms with Crippen LogP contribution in [0.5, 0.6) is 11.5 Å². The number of aliphatic hydroxyl groups excluding tert-OH is 1. The van der Waals surface area contributed by atoms with Crippen molar-refractivity contribution >= 4 is 11.0 Å². The summed E-state index contributed by atoms with van der Waals surface area (Å²) in [5.74, 6) is 1.59. The van der Waals surface area contributed by atoms with Crippen LogP contribution in [0.1, 0.15) is 5.56 Å². The molecule has 2 aromatic carbocycles. The predicted molar refractivity (Wildman–Crippen MR) is 80.7 cm³/mol. The van der Waals surface area contributed by atoms with Crippen LogP contribution in [0.3, 0.4) is 0 Å². The lowest BCUT2D eigenvalue weighted by Gasteiger charge is -2.04. The van der Waals surface area contributed by atoms with Crippen LogP contribution in [-0.2, 0) is 6.42 Å². The van der Waals surface area contributed by atoms with Gasteiger partial charge >= 0.3 is 0 Å². The third kappa shape index (κ3) is 2.58. The van der Waals surface area contributed by atoms with Gasteiger partial charge in [0.15, 0.2) is 11.3 Å². The predicted octanol–water partition coefficient (Wildman–Crippen LogP) is 3.35. The Bertz CT molecular complexity index is 756. The second-order valence-corrected chi connectivity index (χ2v) is 4.85. The molecule has 1 heterocycles. The van der Waals surface area contributed by atoms with E-state index < -0.39 is 0 Å². The Morgan fingerprint density at radius 3 is 2.52 bits per heavy atom. The van der Waals surface area contributed by atoms with Gasteiger partial charge in [0.25, 0.3) is 0 Å². The monoisotopic (exact) mass is 284 g/mol. The van der Waals surface area contributed by atoms with Crippen LogP contribution in [0, 0.1) is 0 Å². The fraction of sp³-hybridized carbons (Fsp3) is 0.176. The second kappa shape index (κ2) is 5.50. The van der Waals surface area contributed by atoms with E-state index in [1.54, 1.807) is 31.4 Å². The van der Waals surface area contributed by atoms with Crippen molar-refractivity contribution in [3.63, 3.8) is 0 Å². The highest BCUT2D eigenvalue weighted by molar-refractivity contribution is 5.88. The maximum Gasteiger partial charge on any atom is 0.176 e. The number of fused-ring (bicyclic) bond motifs is 1. The Morgan fingerprint density at radius 2 is 1.86 bits per heavy atom. The van der Waals surface area contributed by atoms with Crippen LogP contribution in [0.4, 0.5) is 0 Å². The van der Waals surface area contributed by atoms with E-state index in [1.165, 1.54) is 0 Å². The van der Waals surface area contributed by atoms with Crippen LogP contribution in [-0.4, -0.2) is 23.9 Å². The third-order valence-corrected chi connectivity index (χ3v) is 3.41. The molecule has 0 atom stereocenters. The van der Waals surface area contributed by atoms with E-state index in [-0.39, 0.29) is 12.4 Å². The van der Waals surface area contributed by atoms with Gasteiger partial charge in [-0.25, -0.2) is 0 Å². The van der Waals surface area contributed by atoms with Gasteiger partial charge in [-0.15, -0.1) is 0 Å². The number of rotatable bonds is 4. The molecule has 108 valence electrons. The lowest BCUT2D eigenvalue weighted by atomic mass is 10.1. The number of phenols is 1. The van der Waals surface area contributed by atoms with E-state index >= 15 is 0 Å². The maximum absolute atomic E-state index is 9.35. The molecule has 21 heavy (non-hydrogen) atoms. The summed E-state index contributed by atoms with van der Waals surface area (Å²) in [6.45, 7) is 0.0946. The largest absolute Gasteiger partial charge is 0.508 e. The molecule has 0 unspecified atom stereocenters. The number of aliphatic hydroxyl groups is 1. The zero-order valence-corrected chi connectivity index (χ0v) is 11.7. The van der Waals surface area contributed by atoms with Gasteiger partial charge in [0.2, 0.25) is 0 Å². The number of furan rings is 1. The normalized spacial score (nSPS) is 11.0. The highest BCUT2D eigenvalue weighted by Gasteiger charge is 2.12. The third-order valence-electron chi connectivity index (χ3n) is 3.41. The number of methoxy groups -OCH3 is 1. The summed E-state index contributed by atoms with van der Waals surface area (Å²) in [5.41, 5.74) is 2.57. The molecule has 0 aliphatic rings. The Morgan fingerprint density at radius 1 is 1.10 bits per heavy atom. The summed E-state index contributed by atoms with van der Waals surface area (Å²) in [6, 6.07) is 12.6. The Balaban J connectivity index is 2.12. The van der Waals surface area contributed by atoms with Crippen molar-refractivity contribution in [1.82, 2.24) is 0 Å². The van der Waals surface area contributed by atoms with E-state index in [0.29, 0.717) is 23.5 Å². The molecule has 0 spiro atoms. The van der Waals surface area contributed by atoms with Gasteiger partial charge in [-0.05, 0) is 54.4 Å². The Kier molecular flexibility index (Phi) is 3.54. The Hall–Kier alpha value is -2.46. The minimum absolute atomic E-state index is 0.0946. The highest BCUT2D eigenvalue weighted by Crippen LogP contribution is 2.35. The number of aromatic hydroxyl groups is 1. The topological polar surface area (TPSA) is 62.8 Å². The number of phenolic OH excluding ortho intramolecular Hbond substituents is 1. The summed E-state index contributed by atoms with van der Waals surface area (Å²) < 4.78 is 11.2. The average Bonchev–Trinajstić information content (AvgIpc) is 2.91. The van der Waals surface area contributed by atoms with Gasteiger partial charge in [-0.2, -0.15) is 0 Å². The summed E-state index contributed by atoms with van der Waals surface area (Å²) in [7, 11) is 1.60. The van der Waals surface area contributed by atoms with Crippen LogP contribution >= 0.6 is 0 Å². The SMILES string of the molecule is COc1cc(CCO)cc2cc(-c3ccc(O)cc3)oc12. The van der Waals surface area contributed by atoms with Crippen molar-refractivity contribution in [2.75, 3.05) is 13.7 Å². The van der Waals surface area contributed by atoms with Crippen molar-refractivity contribution in [2.24, 2.45) is 0 Å². The van der Waals surface area contributed by atoms with E-state index in [0.717, 1.165) is 16.5 Å². The van der Waals surface area contributed by atoms with Crippen LogP contribution in [0.15, 0.2) is 46.9 Å². The van der Waals surface area contributed by atoms with E-state index in [2.05, 4.69) is 0 Å². The van der Waals surface area contributed by atoms with E-state index in [1.807, 2.05) is 18.2 Å². The average molecular weight is 284 g/mol. The zero-order chi connectivity index (χ0) is 14.8. The molecule has 0 saturated heterocycles. The highest BCUT2D eigenvalue weighted by atomic mass is 16.5. The molecule has 0 fully saturated rings. The minimum Gasteiger partial charge on any atom is -0.508 e. The van der Waals surface area contributed by atoms with Crippen molar-refractivity contribution in [1.29, 1.82) is 0 Å². The fourth-order valence-corrected chi connectivity index (χ4v) is 2.37. The van der Waals surface area contributed by atoms with Gasteiger partial charge in [-0.1, -0.05) is 0 Å². The molecule has 4 nitrogen and oxygen atoms in total. The first kappa shape index (κ1) is 13.5. The quantitative estimate of drug-likeness (QED) is 0.771. The minimum atomic E-state index is 0.0946. The molecule has 0 radical (unpaired) electrons. The van der Waals surface area contributed by atoms with Crippen molar-refractivity contribution < 1.29 is 19.4 Å². The van der Waals surface area contributed by atoms with Crippen molar-refractivity contribution in [3.8, 4) is 22.8 Å². The zero-order valence-electron chi connectivity index (χ0n) is 11.7. The molecule has 3 aromatic rings. The van der Waals surface area contributed by atoms with E-state index in [9.17, 15) is 5.11 Å². The van der Waals surface area contributed by atoms with Crippen LogP contribution in [0.2, 0.25) is 0 Å². The summed E-state index contributed by atoms with van der Waals surface area (Å²) in [5, 5.41) is 19.4. The molecule has 0 bridgehead atoms. The molecule has 0 saturated carbocycles. The van der Waals surface area contributed by atoms with Crippen molar-refractivity contribution in [2.45, 2.75) is 6.42 Å². The molecule has 0 amide bonds. The molecule has 4 heteroatoms. The van der Waals surface area contributed by atoms with Gasteiger partial charge in [-0.3, -0.25) is 0 Å². The molecule has 2 N–H and O–H groups in total. The number of hydrogen-bond acceptors (Lipinski definition) is 4. The maximum atomic E-state index is 9.35. The van der Waals surface area contributed by atoms with Crippen LogP contribution < -0.4 is 4.74 Å². The first-order valence-electron chi connectivity index (χ1n) is 6.72. The molecular weight excluding hydrogens is 268 g/mol. The van der Waals surface area contributed by atoms with Gasteiger partial charge in [0.1, 0.15) is 11.5 Å². The first-order chi connectivity index (χ1) is 10.2. The Labute approximate surface area is 122 Å². The second-order valence-electron chi connectivity index (χ2n) is 4.85.